The van der Waals surface area contributed by atoms with E-state index in [1.54, 1.807) is 7.05 Å². The fourth-order valence-corrected chi connectivity index (χ4v) is 1.67. The molecule has 3 N–H and O–H groups in total. The Morgan fingerprint density at radius 3 is 2.38 bits per heavy atom. The number of piperidine rings is 1. The lowest BCUT2D eigenvalue weighted by Gasteiger charge is -2.32. The van der Waals surface area contributed by atoms with Crippen LogP contribution in [0.5, 0.6) is 0 Å². The van der Waals surface area contributed by atoms with Crippen LogP contribution in [0.1, 0.15) is 19.8 Å². The number of amides is 2. The number of carbonyl (C=O) groups is 2. The standard InChI is InChI=1S/C10H19N3O2.ClH/c1-10(3-5-12-6-4-10)9(15)13-7-8(14)11-2;/h12H,3-7H2,1-2H3,(H,11,14)(H,13,15);1H. The van der Waals surface area contributed by atoms with Crippen molar-refractivity contribution in [2.75, 3.05) is 26.7 Å². The molecule has 1 fully saturated rings. The minimum Gasteiger partial charge on any atom is -0.358 e. The van der Waals surface area contributed by atoms with Gasteiger partial charge in [0.1, 0.15) is 0 Å². The molecule has 0 saturated carbocycles. The second-order valence-corrected chi connectivity index (χ2v) is 4.17. The van der Waals surface area contributed by atoms with Gasteiger partial charge in [0.05, 0.1) is 6.54 Å². The summed E-state index contributed by atoms with van der Waals surface area (Å²) in [6.07, 6.45) is 1.65. The average Bonchev–Trinajstić information content (AvgIpc) is 2.26. The van der Waals surface area contributed by atoms with Crippen molar-refractivity contribution in [3.8, 4) is 0 Å². The van der Waals surface area contributed by atoms with Crippen LogP contribution >= 0.6 is 12.4 Å². The molecule has 0 aromatic carbocycles. The van der Waals surface area contributed by atoms with Crippen LogP contribution in [0.25, 0.3) is 0 Å². The molecule has 5 nitrogen and oxygen atoms in total. The number of rotatable bonds is 3. The summed E-state index contributed by atoms with van der Waals surface area (Å²) in [5.41, 5.74) is -0.320. The number of hydrogen-bond donors (Lipinski definition) is 3. The number of carbonyl (C=O) groups excluding carboxylic acids is 2. The maximum Gasteiger partial charge on any atom is 0.239 e. The van der Waals surface area contributed by atoms with Crippen LogP contribution < -0.4 is 16.0 Å². The van der Waals surface area contributed by atoms with Gasteiger partial charge in [-0.2, -0.15) is 0 Å². The zero-order chi connectivity index (χ0) is 11.3. The fraction of sp³-hybridized carbons (Fsp3) is 0.800. The van der Waals surface area contributed by atoms with Crippen molar-refractivity contribution in [1.82, 2.24) is 16.0 Å². The van der Waals surface area contributed by atoms with Gasteiger partial charge in [0, 0.05) is 12.5 Å². The molecule has 0 unspecified atom stereocenters. The molecule has 0 radical (unpaired) electrons. The molecule has 94 valence electrons. The Balaban J connectivity index is 0.00000225. The Bertz CT molecular complexity index is 252. The van der Waals surface area contributed by atoms with Crippen LogP contribution in [-0.4, -0.2) is 38.5 Å². The van der Waals surface area contributed by atoms with E-state index < -0.39 is 0 Å². The van der Waals surface area contributed by atoms with Gasteiger partial charge in [-0.05, 0) is 25.9 Å². The molecule has 0 atom stereocenters. The highest BCUT2D eigenvalue weighted by atomic mass is 35.5. The molecule has 1 aliphatic heterocycles. The van der Waals surface area contributed by atoms with Crippen LogP contribution in [0.2, 0.25) is 0 Å². The first-order chi connectivity index (χ1) is 7.08. The summed E-state index contributed by atoms with van der Waals surface area (Å²) >= 11 is 0. The highest BCUT2D eigenvalue weighted by Gasteiger charge is 2.34. The third kappa shape index (κ3) is 3.98. The van der Waals surface area contributed by atoms with E-state index in [0.717, 1.165) is 25.9 Å². The molecule has 0 spiro atoms. The van der Waals surface area contributed by atoms with Crippen LogP contribution in [0.3, 0.4) is 0 Å². The minimum atomic E-state index is -0.320. The largest absolute Gasteiger partial charge is 0.358 e. The smallest absolute Gasteiger partial charge is 0.239 e. The molecule has 2 amide bonds. The number of halogens is 1. The molecule has 16 heavy (non-hydrogen) atoms. The van der Waals surface area contributed by atoms with Crippen molar-refractivity contribution < 1.29 is 9.59 Å². The van der Waals surface area contributed by atoms with E-state index in [2.05, 4.69) is 16.0 Å². The third-order valence-corrected chi connectivity index (χ3v) is 2.94. The number of likely N-dealkylation sites (N-methyl/N-ethyl adjacent to an activating group) is 1. The van der Waals surface area contributed by atoms with E-state index in [0.29, 0.717) is 0 Å². The van der Waals surface area contributed by atoms with Crippen molar-refractivity contribution in [1.29, 1.82) is 0 Å². The summed E-state index contributed by atoms with van der Waals surface area (Å²) in [4.78, 5) is 22.8. The quantitative estimate of drug-likeness (QED) is 0.641. The van der Waals surface area contributed by atoms with Gasteiger partial charge in [-0.25, -0.2) is 0 Å². The maximum atomic E-state index is 11.8. The maximum absolute atomic E-state index is 11.8. The van der Waals surface area contributed by atoms with E-state index in [4.69, 9.17) is 0 Å². The highest BCUT2D eigenvalue weighted by molar-refractivity contribution is 5.87. The van der Waals surface area contributed by atoms with Gasteiger partial charge in [-0.15, -0.1) is 12.4 Å². The van der Waals surface area contributed by atoms with Crippen molar-refractivity contribution >= 4 is 24.2 Å². The first kappa shape index (κ1) is 15.2. The Morgan fingerprint density at radius 2 is 1.88 bits per heavy atom. The first-order valence-corrected chi connectivity index (χ1v) is 5.28. The van der Waals surface area contributed by atoms with Crippen LogP contribution in [0.15, 0.2) is 0 Å². The van der Waals surface area contributed by atoms with Gasteiger partial charge in [-0.3, -0.25) is 9.59 Å². The Morgan fingerprint density at radius 1 is 1.31 bits per heavy atom. The van der Waals surface area contributed by atoms with Gasteiger partial charge in [0.25, 0.3) is 0 Å². The SMILES string of the molecule is CNC(=O)CNC(=O)C1(C)CCNCC1.Cl. The molecule has 0 aromatic heterocycles. The molecule has 0 bridgehead atoms. The van der Waals surface area contributed by atoms with Crippen LogP contribution in [-0.2, 0) is 9.59 Å². The molecule has 1 aliphatic rings. The van der Waals surface area contributed by atoms with Crippen molar-refractivity contribution in [3.05, 3.63) is 0 Å². The summed E-state index contributed by atoms with van der Waals surface area (Å²) in [6.45, 7) is 3.75. The normalized spacial score (nSPS) is 18.1. The van der Waals surface area contributed by atoms with Crippen LogP contribution in [0.4, 0.5) is 0 Å². The topological polar surface area (TPSA) is 70.2 Å². The summed E-state index contributed by atoms with van der Waals surface area (Å²) in [7, 11) is 1.56. The third-order valence-electron chi connectivity index (χ3n) is 2.94. The lowest BCUT2D eigenvalue weighted by atomic mass is 9.80. The van der Waals surface area contributed by atoms with Crippen LogP contribution in [0, 0.1) is 5.41 Å². The molecular weight excluding hydrogens is 230 g/mol. The predicted octanol–water partition coefficient (Wildman–Crippen LogP) is -0.340. The Labute approximate surface area is 102 Å². The van der Waals surface area contributed by atoms with Gasteiger partial charge < -0.3 is 16.0 Å². The summed E-state index contributed by atoms with van der Waals surface area (Å²) in [5, 5.41) is 8.35. The average molecular weight is 250 g/mol. The highest BCUT2D eigenvalue weighted by Crippen LogP contribution is 2.27. The molecule has 0 aromatic rings. The van der Waals surface area contributed by atoms with Gasteiger partial charge in [0.15, 0.2) is 0 Å². The minimum absolute atomic E-state index is 0. The number of nitrogens with one attached hydrogen (secondary N) is 3. The van der Waals surface area contributed by atoms with Crippen molar-refractivity contribution in [3.63, 3.8) is 0 Å². The Hall–Kier alpha value is -0.810. The molecule has 1 rings (SSSR count). The summed E-state index contributed by atoms with van der Waals surface area (Å²) in [5.74, 6) is -0.187. The summed E-state index contributed by atoms with van der Waals surface area (Å²) in [6, 6.07) is 0. The first-order valence-electron chi connectivity index (χ1n) is 5.28. The zero-order valence-corrected chi connectivity index (χ0v) is 10.6. The second-order valence-electron chi connectivity index (χ2n) is 4.17. The van der Waals surface area contributed by atoms with E-state index in [-0.39, 0.29) is 36.2 Å². The second kappa shape index (κ2) is 6.70. The fourth-order valence-electron chi connectivity index (χ4n) is 1.67. The van der Waals surface area contributed by atoms with E-state index in [1.807, 2.05) is 6.92 Å². The molecular formula is C10H20ClN3O2. The van der Waals surface area contributed by atoms with Gasteiger partial charge in [-0.1, -0.05) is 6.92 Å². The zero-order valence-electron chi connectivity index (χ0n) is 9.76. The van der Waals surface area contributed by atoms with Gasteiger partial charge >= 0.3 is 0 Å². The number of hydrogen-bond acceptors (Lipinski definition) is 3. The lowest BCUT2D eigenvalue weighted by Crippen LogP contribution is -2.47. The molecule has 1 heterocycles. The van der Waals surface area contributed by atoms with Gasteiger partial charge in [0.2, 0.25) is 11.8 Å². The summed E-state index contributed by atoms with van der Waals surface area (Å²) < 4.78 is 0. The van der Waals surface area contributed by atoms with E-state index in [9.17, 15) is 9.59 Å². The monoisotopic (exact) mass is 249 g/mol. The van der Waals surface area contributed by atoms with E-state index >= 15 is 0 Å². The Kier molecular flexibility index (Phi) is 6.36. The molecule has 1 saturated heterocycles. The molecule has 0 aliphatic carbocycles. The van der Waals surface area contributed by atoms with E-state index in [1.165, 1.54) is 0 Å². The molecule has 6 heteroatoms. The van der Waals surface area contributed by atoms with Crippen molar-refractivity contribution in [2.24, 2.45) is 5.41 Å². The lowest BCUT2D eigenvalue weighted by molar-refractivity contribution is -0.133. The predicted molar refractivity (Wildman–Crippen MR) is 64.5 cm³/mol. The van der Waals surface area contributed by atoms with Crippen molar-refractivity contribution in [2.45, 2.75) is 19.8 Å².